The van der Waals surface area contributed by atoms with Gasteiger partial charge in [-0.1, -0.05) is 48.5 Å². The van der Waals surface area contributed by atoms with Gasteiger partial charge in [-0.05, 0) is 22.8 Å². The summed E-state index contributed by atoms with van der Waals surface area (Å²) in [4.78, 5) is 0. The van der Waals surface area contributed by atoms with E-state index in [1.807, 2.05) is 12.1 Å². The zero-order valence-electron chi connectivity index (χ0n) is 9.68. The van der Waals surface area contributed by atoms with Gasteiger partial charge in [-0.3, -0.25) is 0 Å². The number of hydrogen-bond acceptors (Lipinski definition) is 1. The van der Waals surface area contributed by atoms with Gasteiger partial charge in [0.15, 0.2) is 0 Å². The molecular formula is C16H13O. The summed E-state index contributed by atoms with van der Waals surface area (Å²) >= 11 is 0. The molecule has 3 rings (SSSR count). The molecule has 2 aromatic rings. The van der Waals surface area contributed by atoms with Gasteiger partial charge >= 0.3 is 0 Å². The minimum Gasteiger partial charge on any atom is -0.496 e. The van der Waals surface area contributed by atoms with Gasteiger partial charge in [0.1, 0.15) is 5.76 Å². The molecule has 0 atom stereocenters. The van der Waals surface area contributed by atoms with Crippen LogP contribution in [0.15, 0.2) is 48.5 Å². The molecule has 0 amide bonds. The normalized spacial score (nSPS) is 13.1. The van der Waals surface area contributed by atoms with Crippen LogP contribution in [-0.2, 0) is 4.74 Å². The average molecular weight is 221 g/mol. The van der Waals surface area contributed by atoms with E-state index < -0.39 is 0 Å². The first-order chi connectivity index (χ1) is 8.38. The third-order valence-electron chi connectivity index (χ3n) is 3.04. The van der Waals surface area contributed by atoms with Gasteiger partial charge < -0.3 is 4.74 Å². The molecule has 1 radical (unpaired) electrons. The Balaban J connectivity index is 2.24. The summed E-state index contributed by atoms with van der Waals surface area (Å²) < 4.78 is 5.50. The predicted molar refractivity (Wildman–Crippen MR) is 70.3 cm³/mol. The lowest BCUT2D eigenvalue weighted by Crippen LogP contribution is -1.91. The van der Waals surface area contributed by atoms with Crippen molar-refractivity contribution in [1.82, 2.24) is 0 Å². The fourth-order valence-corrected chi connectivity index (χ4v) is 2.18. The van der Waals surface area contributed by atoms with Crippen LogP contribution in [0.1, 0.15) is 22.3 Å². The minimum absolute atomic E-state index is 0.918. The summed E-state index contributed by atoms with van der Waals surface area (Å²) in [5.74, 6) is 0.918. The van der Waals surface area contributed by atoms with Crippen LogP contribution in [0.5, 0.6) is 0 Å². The second-order valence-corrected chi connectivity index (χ2v) is 4.07. The second kappa shape index (κ2) is 4.10. The molecule has 2 aromatic carbocycles. The van der Waals surface area contributed by atoms with Crippen LogP contribution in [0.4, 0.5) is 0 Å². The third-order valence-corrected chi connectivity index (χ3v) is 3.04. The summed E-state index contributed by atoms with van der Waals surface area (Å²) in [5.41, 5.74) is 4.77. The van der Waals surface area contributed by atoms with Crippen LogP contribution in [0, 0.1) is 6.42 Å². The number of hydrogen-bond donors (Lipinski definition) is 0. The Bertz CT molecular complexity index is 582. The van der Waals surface area contributed by atoms with Gasteiger partial charge in [-0.15, -0.1) is 0 Å². The topological polar surface area (TPSA) is 9.23 Å². The Morgan fingerprint density at radius 3 is 2.18 bits per heavy atom. The van der Waals surface area contributed by atoms with Crippen LogP contribution in [0.2, 0.25) is 0 Å². The van der Waals surface area contributed by atoms with Gasteiger partial charge in [0.25, 0.3) is 0 Å². The quantitative estimate of drug-likeness (QED) is 0.712. The van der Waals surface area contributed by atoms with E-state index in [4.69, 9.17) is 4.74 Å². The first-order valence-electron chi connectivity index (χ1n) is 5.67. The van der Waals surface area contributed by atoms with Gasteiger partial charge in [-0.2, -0.15) is 0 Å². The molecule has 0 aliphatic heterocycles. The van der Waals surface area contributed by atoms with Crippen molar-refractivity contribution in [2.24, 2.45) is 0 Å². The molecule has 0 aromatic heterocycles. The van der Waals surface area contributed by atoms with Crippen molar-refractivity contribution >= 4 is 11.8 Å². The molecule has 83 valence electrons. The van der Waals surface area contributed by atoms with Crippen LogP contribution in [-0.4, -0.2) is 7.11 Å². The maximum absolute atomic E-state index is 5.50. The number of rotatable bonds is 1. The maximum Gasteiger partial charge on any atom is 0.126 e. The van der Waals surface area contributed by atoms with E-state index in [1.54, 1.807) is 7.11 Å². The molecule has 1 heteroatoms. The standard InChI is InChI=1S/C16H13O/c1-17-16-11-13-7-3-2-6-12(13)10-14-8-4-5-9-15(14)16/h2-11H,1H3. The monoisotopic (exact) mass is 221 g/mol. The molecule has 0 N–H and O–H groups in total. The van der Waals surface area contributed by atoms with Crippen LogP contribution in [0.25, 0.3) is 11.8 Å². The van der Waals surface area contributed by atoms with Crippen molar-refractivity contribution in [2.45, 2.75) is 0 Å². The highest BCUT2D eigenvalue weighted by molar-refractivity contribution is 5.83. The zero-order valence-corrected chi connectivity index (χ0v) is 9.68. The van der Waals surface area contributed by atoms with Crippen molar-refractivity contribution in [3.63, 3.8) is 0 Å². The van der Waals surface area contributed by atoms with Crippen molar-refractivity contribution in [3.8, 4) is 0 Å². The number of benzene rings is 2. The van der Waals surface area contributed by atoms with E-state index in [0.29, 0.717) is 0 Å². The molecule has 0 heterocycles. The predicted octanol–water partition coefficient (Wildman–Crippen LogP) is 3.75. The lowest BCUT2D eigenvalue weighted by atomic mass is 10.00. The lowest BCUT2D eigenvalue weighted by molar-refractivity contribution is 0.372. The molecule has 0 fully saturated rings. The van der Waals surface area contributed by atoms with Crippen LogP contribution in [0.3, 0.4) is 0 Å². The Kier molecular flexibility index (Phi) is 2.45. The fourth-order valence-electron chi connectivity index (χ4n) is 2.18. The smallest absolute Gasteiger partial charge is 0.126 e. The highest BCUT2D eigenvalue weighted by atomic mass is 16.5. The molecule has 0 saturated carbocycles. The van der Waals surface area contributed by atoms with Gasteiger partial charge in [0.2, 0.25) is 0 Å². The van der Waals surface area contributed by atoms with Gasteiger partial charge in [0.05, 0.1) is 7.11 Å². The van der Waals surface area contributed by atoms with E-state index in [9.17, 15) is 0 Å². The van der Waals surface area contributed by atoms with E-state index in [2.05, 4.69) is 48.9 Å². The van der Waals surface area contributed by atoms with Crippen molar-refractivity contribution < 1.29 is 4.74 Å². The number of ether oxygens (including phenoxy) is 1. The van der Waals surface area contributed by atoms with Crippen molar-refractivity contribution in [3.05, 3.63) is 77.2 Å². The molecule has 0 spiro atoms. The lowest BCUT2D eigenvalue weighted by Gasteiger charge is -2.08. The first-order valence-corrected chi connectivity index (χ1v) is 5.67. The van der Waals surface area contributed by atoms with Crippen LogP contribution >= 0.6 is 0 Å². The number of methoxy groups -OCH3 is 1. The average Bonchev–Trinajstić information content (AvgIpc) is 2.54. The summed E-state index contributed by atoms with van der Waals surface area (Å²) in [5, 5.41) is 0. The largest absolute Gasteiger partial charge is 0.496 e. The van der Waals surface area contributed by atoms with Gasteiger partial charge in [-0.25, -0.2) is 0 Å². The van der Waals surface area contributed by atoms with E-state index in [0.717, 1.165) is 11.3 Å². The molecule has 17 heavy (non-hydrogen) atoms. The van der Waals surface area contributed by atoms with Crippen molar-refractivity contribution in [2.75, 3.05) is 7.11 Å². The highest BCUT2D eigenvalue weighted by Gasteiger charge is 2.14. The zero-order chi connectivity index (χ0) is 11.7. The van der Waals surface area contributed by atoms with Crippen molar-refractivity contribution in [1.29, 1.82) is 0 Å². The van der Waals surface area contributed by atoms with Gasteiger partial charge in [0, 0.05) is 12.0 Å². The number of fused-ring (bicyclic) bond motifs is 2. The highest BCUT2D eigenvalue weighted by Crippen LogP contribution is 2.31. The molecular weight excluding hydrogens is 208 g/mol. The minimum atomic E-state index is 0.918. The molecule has 0 bridgehead atoms. The summed E-state index contributed by atoms with van der Waals surface area (Å²) in [7, 11) is 1.72. The first kappa shape index (κ1) is 10.2. The molecule has 0 unspecified atom stereocenters. The second-order valence-electron chi connectivity index (χ2n) is 4.07. The maximum atomic E-state index is 5.50. The molecule has 1 aliphatic rings. The Labute approximate surface area is 101 Å². The summed E-state index contributed by atoms with van der Waals surface area (Å²) in [6.45, 7) is 0. The third kappa shape index (κ3) is 1.74. The summed E-state index contributed by atoms with van der Waals surface area (Å²) in [6, 6.07) is 16.6. The fraction of sp³-hybridized carbons (Fsp3) is 0.0625. The summed E-state index contributed by atoms with van der Waals surface area (Å²) in [6.07, 6.45) is 4.30. The Morgan fingerprint density at radius 2 is 1.41 bits per heavy atom. The molecule has 1 aliphatic carbocycles. The van der Waals surface area contributed by atoms with E-state index >= 15 is 0 Å². The van der Waals surface area contributed by atoms with Crippen LogP contribution < -0.4 is 0 Å². The molecule has 0 saturated heterocycles. The Morgan fingerprint density at radius 1 is 0.765 bits per heavy atom. The SMILES string of the molecule is COC1=Cc2ccccc2[CH]c2ccccc21. The van der Waals surface area contributed by atoms with E-state index in [-0.39, 0.29) is 0 Å². The molecule has 1 nitrogen and oxygen atoms in total. The van der Waals surface area contributed by atoms with E-state index in [1.165, 1.54) is 16.7 Å². The Hall–Kier alpha value is -2.02.